The van der Waals surface area contributed by atoms with Crippen LogP contribution in [0.1, 0.15) is 61.8 Å². The summed E-state index contributed by atoms with van der Waals surface area (Å²) in [7, 11) is 0. The van der Waals surface area contributed by atoms with Gasteiger partial charge in [-0.2, -0.15) is 4.99 Å². The van der Waals surface area contributed by atoms with Gasteiger partial charge in [0.05, 0.1) is 11.4 Å². The molecule has 2 unspecified atom stereocenters. The number of aryl methyl sites for hydroxylation is 1. The Hall–Kier alpha value is -4.78. The molecule has 0 saturated heterocycles. The third-order valence-corrected chi connectivity index (χ3v) is 9.10. The monoisotopic (exact) mass is 664 g/mol. The first-order valence-corrected chi connectivity index (χ1v) is 16.0. The lowest BCUT2D eigenvalue weighted by atomic mass is 9.96. The highest BCUT2D eigenvalue weighted by Gasteiger charge is 2.31. The van der Waals surface area contributed by atoms with E-state index in [9.17, 15) is 22.4 Å². The summed E-state index contributed by atoms with van der Waals surface area (Å²) in [6.07, 6.45) is -0.738. The maximum Gasteiger partial charge on any atom is 0.573 e. The number of carbonyl (C=O) groups excluding carboxylic acids is 1. The van der Waals surface area contributed by atoms with E-state index < -0.39 is 12.4 Å². The predicted octanol–water partition coefficient (Wildman–Crippen LogP) is 8.20. The van der Waals surface area contributed by atoms with Crippen molar-refractivity contribution in [3.63, 3.8) is 0 Å². The van der Waals surface area contributed by atoms with Crippen molar-refractivity contribution in [3.05, 3.63) is 106 Å². The summed E-state index contributed by atoms with van der Waals surface area (Å²) in [5, 5.41) is 9.48. The number of benzene rings is 3. The van der Waals surface area contributed by atoms with Crippen LogP contribution in [0, 0.1) is 12.7 Å². The van der Waals surface area contributed by atoms with Gasteiger partial charge in [0, 0.05) is 22.7 Å². The summed E-state index contributed by atoms with van der Waals surface area (Å²) in [5.74, 6) is 0.216. The molecule has 1 N–H and O–H groups in total. The van der Waals surface area contributed by atoms with Crippen LogP contribution in [0.3, 0.4) is 0 Å². The van der Waals surface area contributed by atoms with E-state index in [1.165, 1.54) is 58.7 Å². The molecule has 1 fully saturated rings. The third kappa shape index (κ3) is 7.46. The van der Waals surface area contributed by atoms with Crippen LogP contribution in [-0.2, 0) is 0 Å². The summed E-state index contributed by atoms with van der Waals surface area (Å²) < 4.78 is 58.7. The van der Waals surface area contributed by atoms with E-state index in [0.29, 0.717) is 16.3 Å². The van der Waals surface area contributed by atoms with Gasteiger partial charge in [0.25, 0.3) is 0 Å². The van der Waals surface area contributed by atoms with Gasteiger partial charge in [-0.15, -0.1) is 29.6 Å². The van der Waals surface area contributed by atoms with Crippen molar-refractivity contribution in [1.29, 1.82) is 0 Å². The Kier molecular flexibility index (Phi) is 9.00. The summed E-state index contributed by atoms with van der Waals surface area (Å²) >= 11 is 1.37. The number of thiazole rings is 1. The van der Waals surface area contributed by atoms with Gasteiger partial charge in [0.15, 0.2) is 10.6 Å². The van der Waals surface area contributed by atoms with E-state index >= 15 is 0 Å². The van der Waals surface area contributed by atoms with Gasteiger partial charge in [0.2, 0.25) is 0 Å². The minimum atomic E-state index is -4.75. The Morgan fingerprint density at radius 2 is 1.81 bits per heavy atom. The number of nitrogens with zero attached hydrogens (tertiary/aromatic N) is 5. The lowest BCUT2D eigenvalue weighted by molar-refractivity contribution is -0.274. The molecule has 0 aliphatic heterocycles. The molecule has 0 bridgehead atoms. The highest BCUT2D eigenvalue weighted by molar-refractivity contribution is 7.07. The molecule has 5 aromatic rings. The molecule has 8 nitrogen and oxygen atoms in total. The Balaban J connectivity index is 1.09. The van der Waals surface area contributed by atoms with Crippen molar-refractivity contribution in [3.8, 4) is 28.5 Å². The average Bonchev–Trinajstić information content (AvgIpc) is 3.78. The number of alkyl halides is 3. The molecule has 6 rings (SSSR count). The zero-order chi connectivity index (χ0) is 33.3. The standard InChI is InChI=1S/C34H32F4N6O2S/c1-20(2)29-17-25(35)9-15-30(29)44-21(3)18-47-33(44)41-32(45)40-26-10-8-24(16-26)22-4-6-23(7-5-22)31-39-19-43(42-31)27-11-13-28(14-12-27)46-34(36,37)38/h4-7,9,11-15,17-20,24,26H,8,10,16H2,1-3H3,(H,40,45)/b41-33-. The first-order chi connectivity index (χ1) is 22.4. The van der Waals surface area contributed by atoms with Gasteiger partial charge in [-0.05, 0) is 91.6 Å². The van der Waals surface area contributed by atoms with Crippen LogP contribution in [0.2, 0.25) is 0 Å². The van der Waals surface area contributed by atoms with Crippen LogP contribution in [0.15, 0.2) is 83.4 Å². The molecule has 0 radical (unpaired) electrons. The van der Waals surface area contributed by atoms with Crippen LogP contribution in [0.4, 0.5) is 22.4 Å². The molecule has 2 heterocycles. The Bertz CT molecular complexity index is 1940. The van der Waals surface area contributed by atoms with Crippen molar-refractivity contribution >= 4 is 17.4 Å². The van der Waals surface area contributed by atoms with Crippen molar-refractivity contribution < 1.29 is 27.1 Å². The van der Waals surface area contributed by atoms with Crippen molar-refractivity contribution in [2.75, 3.05) is 0 Å². The van der Waals surface area contributed by atoms with Gasteiger partial charge in [-0.1, -0.05) is 38.1 Å². The minimum Gasteiger partial charge on any atom is -0.406 e. The van der Waals surface area contributed by atoms with Crippen LogP contribution in [0.5, 0.6) is 5.75 Å². The molecular weight excluding hydrogens is 632 g/mol. The molecule has 2 atom stereocenters. The van der Waals surface area contributed by atoms with Crippen molar-refractivity contribution in [1.82, 2.24) is 24.6 Å². The Morgan fingerprint density at radius 3 is 2.51 bits per heavy atom. The Labute approximate surface area is 272 Å². The molecule has 0 spiro atoms. The number of amides is 2. The van der Waals surface area contributed by atoms with Crippen molar-refractivity contribution in [2.24, 2.45) is 4.99 Å². The molecule has 3 aromatic carbocycles. The fraction of sp³-hybridized carbons (Fsp3) is 0.294. The maximum absolute atomic E-state index is 14.0. The molecule has 13 heteroatoms. The van der Waals surface area contributed by atoms with Gasteiger partial charge in [0.1, 0.15) is 17.9 Å². The zero-order valence-corrected chi connectivity index (χ0v) is 26.6. The molecule has 1 saturated carbocycles. The number of carbonyl (C=O) groups is 1. The molecule has 1 aliphatic carbocycles. The lowest BCUT2D eigenvalue weighted by Gasteiger charge is -2.15. The summed E-state index contributed by atoms with van der Waals surface area (Å²) in [6, 6.07) is 17.6. The Morgan fingerprint density at radius 1 is 1.06 bits per heavy atom. The molecule has 244 valence electrons. The van der Waals surface area contributed by atoms with E-state index in [-0.39, 0.29) is 29.4 Å². The average molecular weight is 665 g/mol. The molecule has 47 heavy (non-hydrogen) atoms. The minimum absolute atomic E-state index is 0.0206. The van der Waals surface area contributed by atoms with E-state index in [1.807, 2.05) is 55.0 Å². The number of urea groups is 1. The lowest BCUT2D eigenvalue weighted by Crippen LogP contribution is -2.32. The van der Waals surface area contributed by atoms with Crippen molar-refractivity contribution in [2.45, 2.75) is 64.3 Å². The fourth-order valence-corrected chi connectivity index (χ4v) is 6.75. The van der Waals surface area contributed by atoms with Gasteiger partial charge >= 0.3 is 12.4 Å². The first kappa shape index (κ1) is 32.2. The smallest absolute Gasteiger partial charge is 0.406 e. The van der Waals surface area contributed by atoms with Crippen LogP contribution in [0.25, 0.3) is 22.8 Å². The van der Waals surface area contributed by atoms with E-state index in [1.54, 1.807) is 6.07 Å². The van der Waals surface area contributed by atoms with Crippen LogP contribution in [-0.4, -0.2) is 37.8 Å². The van der Waals surface area contributed by atoms with Gasteiger partial charge < -0.3 is 10.1 Å². The number of aromatic nitrogens is 4. The SMILES string of the molecule is Cc1cs/c(=N\C(=O)NC2CCC(c3ccc(-c4ncn(-c5ccc(OC(F)(F)F)cc5)n4)cc3)C2)n1-c1ccc(F)cc1C(C)C. The molecule has 1 aliphatic rings. The van der Waals surface area contributed by atoms with Gasteiger partial charge in [-0.3, -0.25) is 4.57 Å². The number of ether oxygens (including phenoxy) is 1. The zero-order valence-electron chi connectivity index (χ0n) is 25.8. The van der Waals surface area contributed by atoms with Crippen LogP contribution >= 0.6 is 11.3 Å². The normalized spacial score (nSPS) is 17.0. The quantitative estimate of drug-likeness (QED) is 0.178. The van der Waals surface area contributed by atoms with E-state index in [2.05, 4.69) is 25.1 Å². The number of rotatable bonds is 7. The maximum atomic E-state index is 14.0. The topological polar surface area (TPSA) is 86.3 Å². The van der Waals surface area contributed by atoms with Crippen LogP contribution < -0.4 is 14.9 Å². The van der Waals surface area contributed by atoms with Gasteiger partial charge in [-0.25, -0.2) is 18.9 Å². The predicted molar refractivity (Wildman–Crippen MR) is 170 cm³/mol. The third-order valence-electron chi connectivity index (χ3n) is 8.16. The van der Waals surface area contributed by atoms with E-state index in [4.69, 9.17) is 0 Å². The highest BCUT2D eigenvalue weighted by Crippen LogP contribution is 2.35. The highest BCUT2D eigenvalue weighted by atomic mass is 32.1. The number of nitrogens with one attached hydrogen (secondary N) is 1. The molecule has 2 amide bonds. The molecular formula is C34H32F4N6O2S. The fourth-order valence-electron chi connectivity index (χ4n) is 5.89. The molecule has 2 aromatic heterocycles. The summed E-state index contributed by atoms with van der Waals surface area (Å²) in [4.78, 5) is 22.3. The van der Waals surface area contributed by atoms with E-state index in [0.717, 1.165) is 47.3 Å². The second-order valence-corrected chi connectivity index (χ2v) is 12.6. The number of hydrogen-bond donors (Lipinski definition) is 1. The summed E-state index contributed by atoms with van der Waals surface area (Å²) in [5.41, 5.74) is 5.05. The second kappa shape index (κ2) is 13.1. The first-order valence-electron chi connectivity index (χ1n) is 15.1. The second-order valence-electron chi connectivity index (χ2n) is 11.8. The largest absolute Gasteiger partial charge is 0.573 e. The number of halogens is 4. The summed E-state index contributed by atoms with van der Waals surface area (Å²) in [6.45, 7) is 5.95. The number of hydrogen-bond acceptors (Lipinski definition) is 5.